The Hall–Kier alpha value is -1.33. The Morgan fingerprint density at radius 3 is 2.64 bits per heavy atom. The monoisotopic (exact) mass is 346 g/mol. The third-order valence-electron chi connectivity index (χ3n) is 6.32. The smallest absolute Gasteiger partial charge is 0.223 e. The lowest BCUT2D eigenvalue weighted by Crippen LogP contribution is -2.53. The maximum atomic E-state index is 12.5. The molecule has 1 aromatic heterocycles. The molecule has 4 atom stereocenters. The van der Waals surface area contributed by atoms with Gasteiger partial charge in [-0.2, -0.15) is 0 Å². The molecule has 1 N–H and O–H groups in total. The molecule has 1 amide bonds. The summed E-state index contributed by atoms with van der Waals surface area (Å²) in [7, 11) is 0. The predicted molar refractivity (Wildman–Crippen MR) is 95.3 cm³/mol. The molecule has 25 heavy (non-hydrogen) atoms. The summed E-state index contributed by atoms with van der Waals surface area (Å²) in [5.74, 6) is 3.61. The maximum Gasteiger partial charge on any atom is 0.223 e. The van der Waals surface area contributed by atoms with Crippen LogP contribution in [-0.4, -0.2) is 59.1 Å². The molecular formula is C20H30N2O3. The summed E-state index contributed by atoms with van der Waals surface area (Å²) in [6, 6.07) is 4.43. The van der Waals surface area contributed by atoms with E-state index in [1.54, 1.807) is 0 Å². The number of hydrogen-bond donors (Lipinski definition) is 1. The van der Waals surface area contributed by atoms with E-state index in [0.29, 0.717) is 24.8 Å². The molecule has 1 aromatic rings. The average molecular weight is 346 g/mol. The molecule has 3 fully saturated rings. The SMILES string of the molecule is C[C@@H]1C[C@@H]1c1ccc(CCC(=O)N2CCN([C@H]3CCC[C@@H]3O)CC2)o1. The number of rotatable bonds is 5. The van der Waals surface area contributed by atoms with Crippen LogP contribution in [0, 0.1) is 5.92 Å². The Kier molecular flexibility index (Phi) is 4.87. The molecule has 2 saturated carbocycles. The first kappa shape index (κ1) is 17.1. The van der Waals surface area contributed by atoms with Gasteiger partial charge in [0, 0.05) is 51.0 Å². The molecule has 4 rings (SSSR count). The zero-order valence-corrected chi connectivity index (χ0v) is 15.2. The van der Waals surface area contributed by atoms with Gasteiger partial charge in [0.25, 0.3) is 0 Å². The van der Waals surface area contributed by atoms with Crippen LogP contribution in [0.1, 0.15) is 56.5 Å². The van der Waals surface area contributed by atoms with Crippen molar-refractivity contribution in [2.45, 2.75) is 63.5 Å². The summed E-state index contributed by atoms with van der Waals surface area (Å²) in [4.78, 5) is 16.8. The Morgan fingerprint density at radius 2 is 2.00 bits per heavy atom. The summed E-state index contributed by atoms with van der Waals surface area (Å²) < 4.78 is 5.91. The lowest BCUT2D eigenvalue weighted by atomic mass is 10.1. The van der Waals surface area contributed by atoms with Gasteiger partial charge in [-0.15, -0.1) is 0 Å². The number of furan rings is 1. The number of aliphatic hydroxyl groups excluding tert-OH is 1. The third kappa shape index (κ3) is 3.77. The molecule has 138 valence electrons. The van der Waals surface area contributed by atoms with E-state index in [4.69, 9.17) is 4.42 Å². The molecule has 0 radical (unpaired) electrons. The maximum absolute atomic E-state index is 12.5. The summed E-state index contributed by atoms with van der Waals surface area (Å²) in [6.07, 6.45) is 5.41. The highest BCUT2D eigenvalue weighted by Crippen LogP contribution is 2.47. The van der Waals surface area contributed by atoms with E-state index < -0.39 is 0 Å². The molecule has 3 aliphatic rings. The highest BCUT2D eigenvalue weighted by atomic mass is 16.3. The number of carbonyl (C=O) groups is 1. The highest BCUT2D eigenvalue weighted by Gasteiger charge is 2.36. The fourth-order valence-corrected chi connectivity index (χ4v) is 4.48. The van der Waals surface area contributed by atoms with Gasteiger partial charge in [-0.25, -0.2) is 0 Å². The van der Waals surface area contributed by atoms with E-state index in [1.807, 2.05) is 11.0 Å². The first-order valence-corrected chi connectivity index (χ1v) is 9.90. The molecule has 1 aliphatic heterocycles. The zero-order chi connectivity index (χ0) is 17.4. The summed E-state index contributed by atoms with van der Waals surface area (Å²) in [6.45, 7) is 5.59. The van der Waals surface area contributed by atoms with Gasteiger partial charge in [0.05, 0.1) is 6.10 Å². The number of aliphatic hydroxyl groups is 1. The van der Waals surface area contributed by atoms with Crippen LogP contribution in [0.4, 0.5) is 0 Å². The van der Waals surface area contributed by atoms with Crippen molar-refractivity contribution in [3.05, 3.63) is 23.7 Å². The minimum atomic E-state index is -0.176. The van der Waals surface area contributed by atoms with Gasteiger partial charge in [-0.05, 0) is 43.7 Å². The second kappa shape index (κ2) is 7.12. The minimum absolute atomic E-state index is 0.176. The van der Waals surface area contributed by atoms with E-state index >= 15 is 0 Å². The minimum Gasteiger partial charge on any atom is -0.466 e. The predicted octanol–water partition coefficient (Wildman–Crippen LogP) is 2.39. The van der Waals surface area contributed by atoms with Crippen LogP contribution in [0.15, 0.2) is 16.5 Å². The molecule has 1 saturated heterocycles. The molecule has 5 nitrogen and oxygen atoms in total. The Morgan fingerprint density at radius 1 is 1.24 bits per heavy atom. The van der Waals surface area contributed by atoms with Crippen molar-refractivity contribution < 1.29 is 14.3 Å². The van der Waals surface area contributed by atoms with Crippen molar-refractivity contribution in [1.29, 1.82) is 0 Å². The number of carbonyl (C=O) groups excluding carboxylic acids is 1. The van der Waals surface area contributed by atoms with Crippen molar-refractivity contribution in [2.75, 3.05) is 26.2 Å². The van der Waals surface area contributed by atoms with Crippen LogP contribution in [0.2, 0.25) is 0 Å². The van der Waals surface area contributed by atoms with Gasteiger partial charge in [-0.3, -0.25) is 9.69 Å². The summed E-state index contributed by atoms with van der Waals surface area (Å²) in [5, 5.41) is 10.1. The molecule has 0 unspecified atom stereocenters. The number of hydrogen-bond acceptors (Lipinski definition) is 4. The van der Waals surface area contributed by atoms with E-state index in [-0.39, 0.29) is 12.0 Å². The zero-order valence-electron chi connectivity index (χ0n) is 15.2. The van der Waals surface area contributed by atoms with Crippen molar-refractivity contribution in [3.8, 4) is 0 Å². The number of piperazine rings is 1. The Labute approximate surface area is 150 Å². The van der Waals surface area contributed by atoms with Gasteiger partial charge < -0.3 is 14.4 Å². The third-order valence-corrected chi connectivity index (χ3v) is 6.32. The summed E-state index contributed by atoms with van der Waals surface area (Å²) >= 11 is 0. The average Bonchev–Trinajstić information content (AvgIpc) is 3.01. The van der Waals surface area contributed by atoms with E-state index in [2.05, 4.69) is 17.9 Å². The highest BCUT2D eigenvalue weighted by molar-refractivity contribution is 5.76. The van der Waals surface area contributed by atoms with Gasteiger partial charge in [-0.1, -0.05) is 6.92 Å². The first-order chi connectivity index (χ1) is 12.1. The summed E-state index contributed by atoms with van der Waals surface area (Å²) in [5.41, 5.74) is 0. The van der Waals surface area contributed by atoms with E-state index in [0.717, 1.165) is 62.9 Å². The van der Waals surface area contributed by atoms with Crippen molar-refractivity contribution in [2.24, 2.45) is 5.92 Å². The standard InChI is InChI=1S/C20H30N2O3/c1-14-13-16(14)19-7-5-15(25-19)6-8-20(24)22-11-9-21(10-12-22)17-3-2-4-18(17)23/h5,7,14,16-18,23H,2-4,6,8-13H2,1H3/t14-,16+,17+,18+/m1/s1. The largest absolute Gasteiger partial charge is 0.466 e. The quantitative estimate of drug-likeness (QED) is 0.889. The van der Waals surface area contributed by atoms with Crippen LogP contribution < -0.4 is 0 Å². The number of amides is 1. The van der Waals surface area contributed by atoms with E-state index in [9.17, 15) is 9.90 Å². The van der Waals surface area contributed by atoms with Crippen LogP contribution in [0.25, 0.3) is 0 Å². The number of aryl methyl sites for hydroxylation is 1. The molecule has 0 aromatic carbocycles. The fourth-order valence-electron chi connectivity index (χ4n) is 4.48. The fraction of sp³-hybridized carbons (Fsp3) is 0.750. The van der Waals surface area contributed by atoms with Crippen molar-refractivity contribution in [3.63, 3.8) is 0 Å². The van der Waals surface area contributed by atoms with Gasteiger partial charge in [0.2, 0.25) is 5.91 Å². The van der Waals surface area contributed by atoms with Crippen molar-refractivity contribution >= 4 is 5.91 Å². The molecular weight excluding hydrogens is 316 g/mol. The normalized spacial score (nSPS) is 33.0. The second-order valence-electron chi connectivity index (χ2n) is 8.11. The van der Waals surface area contributed by atoms with Gasteiger partial charge >= 0.3 is 0 Å². The molecule has 0 spiro atoms. The molecule has 2 heterocycles. The van der Waals surface area contributed by atoms with Crippen LogP contribution in [-0.2, 0) is 11.2 Å². The topological polar surface area (TPSA) is 56.9 Å². The first-order valence-electron chi connectivity index (χ1n) is 9.90. The Bertz CT molecular complexity index is 606. The number of nitrogens with zero attached hydrogens (tertiary/aromatic N) is 2. The second-order valence-corrected chi connectivity index (χ2v) is 8.11. The Balaban J connectivity index is 1.22. The molecule has 0 bridgehead atoms. The van der Waals surface area contributed by atoms with E-state index in [1.165, 1.54) is 6.42 Å². The lowest BCUT2D eigenvalue weighted by molar-refractivity contribution is -0.133. The van der Waals surface area contributed by atoms with Crippen LogP contribution >= 0.6 is 0 Å². The van der Waals surface area contributed by atoms with Gasteiger partial charge in [0.15, 0.2) is 0 Å². The molecule has 2 aliphatic carbocycles. The van der Waals surface area contributed by atoms with Crippen molar-refractivity contribution in [1.82, 2.24) is 9.80 Å². The van der Waals surface area contributed by atoms with Crippen LogP contribution in [0.3, 0.4) is 0 Å². The van der Waals surface area contributed by atoms with Gasteiger partial charge in [0.1, 0.15) is 11.5 Å². The molecule has 5 heteroatoms. The lowest BCUT2D eigenvalue weighted by Gasteiger charge is -2.39. The van der Waals surface area contributed by atoms with Crippen LogP contribution in [0.5, 0.6) is 0 Å².